The quantitative estimate of drug-likeness (QED) is 0.556. The summed E-state index contributed by atoms with van der Waals surface area (Å²) in [6.45, 7) is 3.72. The van der Waals surface area contributed by atoms with Crippen LogP contribution in [0.15, 0.2) is 53.5 Å². The molecule has 29 heavy (non-hydrogen) atoms. The van der Waals surface area contributed by atoms with Crippen molar-refractivity contribution in [1.29, 1.82) is 0 Å². The number of anilines is 1. The third-order valence-electron chi connectivity index (χ3n) is 4.75. The second kappa shape index (κ2) is 9.82. The molecule has 0 saturated carbocycles. The number of nitrogens with one attached hydrogen (secondary N) is 2. The van der Waals surface area contributed by atoms with Crippen LogP contribution in [0.3, 0.4) is 0 Å². The molecule has 1 atom stereocenters. The third-order valence-corrected chi connectivity index (χ3v) is 4.75. The molecule has 1 unspecified atom stereocenters. The van der Waals surface area contributed by atoms with Gasteiger partial charge in [-0.1, -0.05) is 24.3 Å². The molecule has 1 heterocycles. The lowest BCUT2D eigenvalue weighted by Crippen LogP contribution is -2.44. The normalized spacial score (nSPS) is 16.7. The molecule has 0 radical (unpaired) electrons. The summed E-state index contributed by atoms with van der Waals surface area (Å²) in [6, 6.07) is 15.6. The number of rotatable bonds is 7. The molecular weight excluding hydrogens is 368 g/mol. The van der Waals surface area contributed by atoms with Crippen LogP contribution in [0.1, 0.15) is 18.9 Å². The van der Waals surface area contributed by atoms with Crippen molar-refractivity contribution in [3.05, 3.63) is 54.1 Å². The predicted octanol–water partition coefficient (Wildman–Crippen LogP) is 2.56. The van der Waals surface area contributed by atoms with Crippen molar-refractivity contribution in [1.82, 2.24) is 10.6 Å². The Bertz CT molecular complexity index is 854. The monoisotopic (exact) mass is 396 g/mol. The van der Waals surface area contributed by atoms with E-state index >= 15 is 0 Å². The molecule has 3 rings (SSSR count). The minimum atomic E-state index is 0.00349. The Kier molecular flexibility index (Phi) is 6.94. The lowest BCUT2D eigenvalue weighted by atomic mass is 10.2. The van der Waals surface area contributed by atoms with Crippen molar-refractivity contribution in [3.8, 4) is 11.5 Å². The number of carbonyl (C=O) groups is 1. The molecule has 2 N–H and O–H groups in total. The zero-order valence-corrected chi connectivity index (χ0v) is 17.1. The molecule has 2 aromatic carbocycles. The Labute approximate surface area is 171 Å². The van der Waals surface area contributed by atoms with Crippen molar-refractivity contribution in [3.63, 3.8) is 0 Å². The molecular formula is C22H28N4O3. The highest BCUT2D eigenvalue weighted by atomic mass is 16.5. The zero-order valence-electron chi connectivity index (χ0n) is 17.1. The smallest absolute Gasteiger partial charge is 0.229 e. The Hall–Kier alpha value is -3.22. The number of guanidine groups is 1. The van der Waals surface area contributed by atoms with Crippen LogP contribution in [0.5, 0.6) is 11.5 Å². The summed E-state index contributed by atoms with van der Waals surface area (Å²) < 4.78 is 11.0. The number of aliphatic imine (C=N–C) groups is 1. The van der Waals surface area contributed by atoms with Crippen LogP contribution >= 0.6 is 0 Å². The van der Waals surface area contributed by atoms with Crippen molar-refractivity contribution in [2.45, 2.75) is 25.9 Å². The summed E-state index contributed by atoms with van der Waals surface area (Å²) in [5.74, 6) is 2.20. The fourth-order valence-electron chi connectivity index (χ4n) is 3.33. The van der Waals surface area contributed by atoms with Crippen molar-refractivity contribution in [2.75, 3.05) is 32.2 Å². The van der Waals surface area contributed by atoms with Gasteiger partial charge < -0.3 is 25.0 Å². The highest BCUT2D eigenvalue weighted by Gasteiger charge is 2.31. The molecule has 1 aliphatic rings. The Morgan fingerprint density at radius 2 is 2.00 bits per heavy atom. The van der Waals surface area contributed by atoms with E-state index in [1.165, 1.54) is 0 Å². The van der Waals surface area contributed by atoms with Gasteiger partial charge >= 0.3 is 0 Å². The van der Waals surface area contributed by atoms with Gasteiger partial charge in [-0.25, -0.2) is 0 Å². The van der Waals surface area contributed by atoms with E-state index in [1.807, 2.05) is 60.4 Å². The minimum Gasteiger partial charge on any atom is -0.493 e. The molecule has 1 amide bonds. The highest BCUT2D eigenvalue weighted by molar-refractivity contribution is 5.97. The van der Waals surface area contributed by atoms with Crippen LogP contribution in [-0.2, 0) is 11.3 Å². The standard InChI is InChI=1S/C22H28N4O3/c1-4-29-19-11-10-16(12-20(19)28-3)14-24-22(23-2)25-17-13-21(27)26(15-17)18-8-6-5-7-9-18/h5-12,17H,4,13-15H2,1-3H3,(H2,23,24,25). The van der Waals surface area contributed by atoms with E-state index in [1.54, 1.807) is 14.2 Å². The first-order valence-corrected chi connectivity index (χ1v) is 9.77. The Morgan fingerprint density at radius 1 is 1.21 bits per heavy atom. The molecule has 0 aliphatic carbocycles. The van der Waals surface area contributed by atoms with Gasteiger partial charge in [0.15, 0.2) is 17.5 Å². The van der Waals surface area contributed by atoms with E-state index < -0.39 is 0 Å². The van der Waals surface area contributed by atoms with Crippen LogP contribution in [0.2, 0.25) is 0 Å². The fourth-order valence-corrected chi connectivity index (χ4v) is 3.33. The topological polar surface area (TPSA) is 75.2 Å². The maximum absolute atomic E-state index is 12.4. The number of para-hydroxylation sites is 1. The number of carbonyl (C=O) groups excluding carboxylic acids is 1. The maximum Gasteiger partial charge on any atom is 0.229 e. The second-order valence-electron chi connectivity index (χ2n) is 6.73. The van der Waals surface area contributed by atoms with Crippen LogP contribution in [0.4, 0.5) is 5.69 Å². The average molecular weight is 396 g/mol. The summed E-state index contributed by atoms with van der Waals surface area (Å²) >= 11 is 0. The largest absolute Gasteiger partial charge is 0.493 e. The molecule has 1 aliphatic heterocycles. The van der Waals surface area contributed by atoms with Gasteiger partial charge in [0.05, 0.1) is 19.8 Å². The molecule has 1 fully saturated rings. The van der Waals surface area contributed by atoms with E-state index in [-0.39, 0.29) is 11.9 Å². The molecule has 1 saturated heterocycles. The summed E-state index contributed by atoms with van der Waals surface area (Å²) in [7, 11) is 3.35. The van der Waals surface area contributed by atoms with Gasteiger partial charge in [-0.05, 0) is 36.8 Å². The number of hydrogen-bond acceptors (Lipinski definition) is 4. The van der Waals surface area contributed by atoms with Gasteiger partial charge in [0, 0.05) is 32.2 Å². The first-order chi connectivity index (χ1) is 14.1. The molecule has 154 valence electrons. The zero-order chi connectivity index (χ0) is 20.6. The second-order valence-corrected chi connectivity index (χ2v) is 6.73. The van der Waals surface area contributed by atoms with Crippen LogP contribution < -0.4 is 25.0 Å². The minimum absolute atomic E-state index is 0.00349. The molecule has 7 nitrogen and oxygen atoms in total. The van der Waals surface area contributed by atoms with Gasteiger partial charge in [0.1, 0.15) is 0 Å². The number of ether oxygens (including phenoxy) is 2. The van der Waals surface area contributed by atoms with Gasteiger partial charge in [0.25, 0.3) is 0 Å². The van der Waals surface area contributed by atoms with E-state index in [0.29, 0.717) is 37.8 Å². The van der Waals surface area contributed by atoms with Crippen LogP contribution in [0, 0.1) is 0 Å². The van der Waals surface area contributed by atoms with Gasteiger partial charge in [0.2, 0.25) is 5.91 Å². The van der Waals surface area contributed by atoms with Crippen molar-refractivity contribution >= 4 is 17.6 Å². The fraction of sp³-hybridized carbons (Fsp3) is 0.364. The van der Waals surface area contributed by atoms with E-state index in [0.717, 1.165) is 17.0 Å². The number of nitrogens with zero attached hydrogens (tertiary/aromatic N) is 2. The predicted molar refractivity (Wildman–Crippen MR) is 115 cm³/mol. The SMILES string of the molecule is CCOc1ccc(CNC(=NC)NC2CC(=O)N(c3ccccc3)C2)cc1OC. The van der Waals surface area contributed by atoms with E-state index in [9.17, 15) is 4.79 Å². The molecule has 2 aromatic rings. The molecule has 0 bridgehead atoms. The summed E-state index contributed by atoms with van der Waals surface area (Å²) in [4.78, 5) is 18.5. The van der Waals surface area contributed by atoms with Crippen molar-refractivity contribution < 1.29 is 14.3 Å². The lowest BCUT2D eigenvalue weighted by molar-refractivity contribution is -0.117. The molecule has 7 heteroatoms. The van der Waals surface area contributed by atoms with Crippen molar-refractivity contribution in [2.24, 2.45) is 4.99 Å². The summed E-state index contributed by atoms with van der Waals surface area (Å²) in [5.41, 5.74) is 1.97. The summed E-state index contributed by atoms with van der Waals surface area (Å²) in [5, 5.41) is 6.64. The Balaban J connectivity index is 1.57. The number of amides is 1. The summed E-state index contributed by atoms with van der Waals surface area (Å²) in [6.07, 6.45) is 0.437. The Morgan fingerprint density at radius 3 is 2.69 bits per heavy atom. The van der Waals surface area contributed by atoms with Gasteiger partial charge in [-0.3, -0.25) is 9.79 Å². The van der Waals surface area contributed by atoms with Gasteiger partial charge in [-0.2, -0.15) is 0 Å². The van der Waals surface area contributed by atoms with E-state index in [4.69, 9.17) is 9.47 Å². The van der Waals surface area contributed by atoms with E-state index in [2.05, 4.69) is 15.6 Å². The number of benzene rings is 2. The molecule has 0 aromatic heterocycles. The van der Waals surface area contributed by atoms with Gasteiger partial charge in [-0.15, -0.1) is 0 Å². The van der Waals surface area contributed by atoms with Crippen LogP contribution in [0.25, 0.3) is 0 Å². The number of methoxy groups -OCH3 is 1. The lowest BCUT2D eigenvalue weighted by Gasteiger charge is -2.19. The molecule has 0 spiro atoms. The number of hydrogen-bond donors (Lipinski definition) is 2. The average Bonchev–Trinajstić information content (AvgIpc) is 3.12. The first-order valence-electron chi connectivity index (χ1n) is 9.77. The van der Waals surface area contributed by atoms with Crippen LogP contribution in [-0.4, -0.2) is 45.2 Å². The maximum atomic E-state index is 12.4. The highest BCUT2D eigenvalue weighted by Crippen LogP contribution is 2.28. The third kappa shape index (κ3) is 5.19. The first kappa shape index (κ1) is 20.5.